The normalized spacial score (nSPS) is 10.3. The quantitative estimate of drug-likeness (QED) is 0.589. The summed E-state index contributed by atoms with van der Waals surface area (Å²) in [5.74, 6) is 0.395. The van der Waals surface area contributed by atoms with Crippen molar-refractivity contribution in [2.75, 3.05) is 26.8 Å². The number of benzene rings is 1. The molecule has 106 valence electrons. The van der Waals surface area contributed by atoms with Gasteiger partial charge in [-0.15, -0.1) is 0 Å². The van der Waals surface area contributed by atoms with Crippen LogP contribution in [0.3, 0.4) is 0 Å². The molecule has 1 aromatic carbocycles. The van der Waals surface area contributed by atoms with Crippen molar-refractivity contribution >= 4 is 17.6 Å². The van der Waals surface area contributed by atoms with Crippen LogP contribution in [0.4, 0.5) is 0 Å². The summed E-state index contributed by atoms with van der Waals surface area (Å²) < 4.78 is 10.4. The predicted octanol–water partition coefficient (Wildman–Crippen LogP) is 2.43. The second kappa shape index (κ2) is 8.77. The second-order valence-electron chi connectivity index (χ2n) is 4.05. The lowest BCUT2D eigenvalue weighted by molar-refractivity contribution is -0.142. The van der Waals surface area contributed by atoms with Gasteiger partial charge in [-0.1, -0.05) is 17.7 Å². The van der Waals surface area contributed by atoms with Gasteiger partial charge in [0.25, 0.3) is 0 Å². The summed E-state index contributed by atoms with van der Waals surface area (Å²) in [6, 6.07) is 5.36. The van der Waals surface area contributed by atoms with E-state index in [0.29, 0.717) is 24.0 Å². The van der Waals surface area contributed by atoms with Crippen LogP contribution >= 0.6 is 11.6 Å². The first-order valence-electron chi connectivity index (χ1n) is 6.38. The minimum absolute atomic E-state index is 0.230. The molecule has 0 spiro atoms. The molecular weight excluding hydrogens is 266 g/mol. The molecule has 0 unspecified atom stereocenters. The van der Waals surface area contributed by atoms with Crippen molar-refractivity contribution in [2.45, 2.75) is 19.8 Å². The molecule has 0 heterocycles. The van der Waals surface area contributed by atoms with Crippen LogP contribution in [0.15, 0.2) is 18.2 Å². The number of hydrogen-bond acceptors (Lipinski definition) is 4. The summed E-state index contributed by atoms with van der Waals surface area (Å²) in [4.78, 5) is 11.3. The van der Waals surface area contributed by atoms with E-state index in [1.807, 2.05) is 13.1 Å². The summed E-state index contributed by atoms with van der Waals surface area (Å²) in [6.07, 6.45) is 1.14. The molecular formula is C14H20ClNO3. The van der Waals surface area contributed by atoms with Crippen LogP contribution in [0.1, 0.15) is 18.9 Å². The first kappa shape index (κ1) is 15.8. The number of ether oxygens (including phenoxy) is 2. The lowest BCUT2D eigenvalue weighted by Crippen LogP contribution is -2.11. The number of nitrogens with one attached hydrogen (secondary N) is 1. The van der Waals surface area contributed by atoms with Gasteiger partial charge in [0.1, 0.15) is 5.75 Å². The Morgan fingerprint density at radius 1 is 1.42 bits per heavy atom. The Bertz CT molecular complexity index is 410. The largest absolute Gasteiger partial charge is 0.492 e. The predicted molar refractivity (Wildman–Crippen MR) is 75.8 cm³/mol. The maximum absolute atomic E-state index is 11.3. The average Bonchev–Trinajstić information content (AvgIpc) is 2.37. The fourth-order valence-corrected chi connectivity index (χ4v) is 1.84. The van der Waals surface area contributed by atoms with Gasteiger partial charge >= 0.3 is 5.97 Å². The molecule has 0 atom stereocenters. The zero-order valence-electron chi connectivity index (χ0n) is 11.4. The minimum Gasteiger partial charge on any atom is -0.492 e. The summed E-state index contributed by atoms with van der Waals surface area (Å²) >= 11 is 6.11. The highest BCUT2D eigenvalue weighted by Crippen LogP contribution is 2.25. The Balaban J connectivity index is 2.51. The number of esters is 1. The summed E-state index contributed by atoms with van der Waals surface area (Å²) in [7, 11) is 1.90. The lowest BCUT2D eigenvalue weighted by atomic mass is 10.1. The van der Waals surface area contributed by atoms with E-state index in [1.54, 1.807) is 19.1 Å². The highest BCUT2D eigenvalue weighted by Gasteiger charge is 2.07. The van der Waals surface area contributed by atoms with Crippen molar-refractivity contribution in [2.24, 2.45) is 0 Å². The van der Waals surface area contributed by atoms with E-state index in [0.717, 1.165) is 18.5 Å². The van der Waals surface area contributed by atoms with Crippen LogP contribution in [0, 0.1) is 0 Å². The van der Waals surface area contributed by atoms with E-state index in [1.165, 1.54) is 0 Å². The molecule has 0 aliphatic carbocycles. The Morgan fingerprint density at radius 2 is 2.21 bits per heavy atom. The fourth-order valence-electron chi connectivity index (χ4n) is 1.58. The van der Waals surface area contributed by atoms with Crippen molar-refractivity contribution in [1.82, 2.24) is 5.32 Å². The molecule has 4 nitrogen and oxygen atoms in total. The fraction of sp³-hybridized carbons (Fsp3) is 0.500. The number of rotatable bonds is 8. The number of hydrogen-bond donors (Lipinski definition) is 1. The highest BCUT2D eigenvalue weighted by molar-refractivity contribution is 6.32. The van der Waals surface area contributed by atoms with E-state index < -0.39 is 0 Å². The molecule has 0 aliphatic rings. The van der Waals surface area contributed by atoms with E-state index >= 15 is 0 Å². The maximum atomic E-state index is 11.3. The van der Waals surface area contributed by atoms with E-state index in [-0.39, 0.29) is 12.4 Å². The monoisotopic (exact) mass is 285 g/mol. The molecule has 1 aromatic rings. The number of carbonyl (C=O) groups is 1. The van der Waals surface area contributed by atoms with Gasteiger partial charge in [-0.05, 0) is 44.6 Å². The molecule has 1 N–H and O–H groups in total. The van der Waals surface area contributed by atoms with Crippen molar-refractivity contribution in [1.29, 1.82) is 0 Å². The Labute approximate surface area is 119 Å². The molecule has 0 aliphatic heterocycles. The second-order valence-corrected chi connectivity index (χ2v) is 4.46. The molecule has 1 rings (SSSR count). The summed E-state index contributed by atoms with van der Waals surface area (Å²) in [5.41, 5.74) is 0.825. The summed E-state index contributed by atoms with van der Waals surface area (Å²) in [6.45, 7) is 3.68. The van der Waals surface area contributed by atoms with Gasteiger partial charge < -0.3 is 14.8 Å². The van der Waals surface area contributed by atoms with Gasteiger partial charge in [-0.2, -0.15) is 0 Å². The standard InChI is InChI=1S/C14H20ClNO3/c1-3-18-14(17)10-11-5-6-13(12(15)9-11)19-8-4-7-16-2/h5-6,9,16H,3-4,7-8,10H2,1-2H3. The number of carbonyl (C=O) groups excluding carboxylic acids is 1. The SMILES string of the molecule is CCOC(=O)Cc1ccc(OCCCNC)c(Cl)c1. The topological polar surface area (TPSA) is 47.6 Å². The first-order chi connectivity index (χ1) is 9.17. The van der Waals surface area contributed by atoms with Crippen LogP contribution in [0.2, 0.25) is 5.02 Å². The third-order valence-corrected chi connectivity index (χ3v) is 2.77. The van der Waals surface area contributed by atoms with Crippen molar-refractivity contribution < 1.29 is 14.3 Å². The van der Waals surface area contributed by atoms with E-state index in [4.69, 9.17) is 21.1 Å². The van der Waals surface area contributed by atoms with Gasteiger partial charge in [0.15, 0.2) is 0 Å². The first-order valence-corrected chi connectivity index (χ1v) is 6.76. The molecule has 0 saturated heterocycles. The Morgan fingerprint density at radius 3 is 2.84 bits per heavy atom. The smallest absolute Gasteiger partial charge is 0.310 e. The van der Waals surface area contributed by atoms with Crippen LogP contribution in [0.5, 0.6) is 5.75 Å². The van der Waals surface area contributed by atoms with Crippen molar-refractivity contribution in [3.63, 3.8) is 0 Å². The Hall–Kier alpha value is -1.26. The van der Waals surface area contributed by atoms with E-state index in [9.17, 15) is 4.79 Å². The average molecular weight is 286 g/mol. The van der Waals surface area contributed by atoms with Gasteiger partial charge in [0, 0.05) is 0 Å². The van der Waals surface area contributed by atoms with Gasteiger partial charge in [-0.25, -0.2) is 0 Å². The third-order valence-electron chi connectivity index (χ3n) is 2.48. The number of halogens is 1. The maximum Gasteiger partial charge on any atom is 0.310 e. The molecule has 0 saturated carbocycles. The molecule has 5 heteroatoms. The van der Waals surface area contributed by atoms with Gasteiger partial charge in [0.05, 0.1) is 24.7 Å². The lowest BCUT2D eigenvalue weighted by Gasteiger charge is -2.09. The highest BCUT2D eigenvalue weighted by atomic mass is 35.5. The third kappa shape index (κ3) is 5.94. The molecule has 0 amide bonds. The molecule has 0 bridgehead atoms. The van der Waals surface area contributed by atoms with Crippen molar-refractivity contribution in [3.8, 4) is 5.75 Å². The Kier molecular flexibility index (Phi) is 7.30. The summed E-state index contributed by atoms with van der Waals surface area (Å²) in [5, 5.41) is 3.57. The molecule has 19 heavy (non-hydrogen) atoms. The molecule has 0 aromatic heterocycles. The zero-order valence-corrected chi connectivity index (χ0v) is 12.1. The molecule has 0 radical (unpaired) electrons. The van der Waals surface area contributed by atoms with E-state index in [2.05, 4.69) is 5.32 Å². The van der Waals surface area contributed by atoms with Crippen LogP contribution in [-0.4, -0.2) is 32.8 Å². The van der Waals surface area contributed by atoms with Crippen LogP contribution in [0.25, 0.3) is 0 Å². The van der Waals surface area contributed by atoms with Crippen molar-refractivity contribution in [3.05, 3.63) is 28.8 Å². The van der Waals surface area contributed by atoms with Gasteiger partial charge in [-0.3, -0.25) is 4.79 Å². The van der Waals surface area contributed by atoms with Gasteiger partial charge in [0.2, 0.25) is 0 Å². The van der Waals surface area contributed by atoms with Crippen LogP contribution in [-0.2, 0) is 16.0 Å². The zero-order chi connectivity index (χ0) is 14.1. The minimum atomic E-state index is -0.249. The van der Waals surface area contributed by atoms with Crippen LogP contribution < -0.4 is 10.1 Å². The molecule has 0 fully saturated rings.